The third kappa shape index (κ3) is 19.8. The zero-order chi connectivity index (χ0) is 54.3. The normalized spacial score (nSPS) is 12.9. The molecule has 0 aliphatic carbocycles. The van der Waals surface area contributed by atoms with Crippen LogP contribution in [0.1, 0.15) is 102 Å². The Hall–Kier alpha value is -8.76. The molecule has 3 aromatic carbocycles. The molecule has 4 rings (SSSR count). The molecule has 0 radical (unpaired) electrons. The van der Waals surface area contributed by atoms with Crippen LogP contribution >= 0.6 is 0 Å². The van der Waals surface area contributed by atoms with Crippen molar-refractivity contribution >= 4 is 76.1 Å². The van der Waals surface area contributed by atoms with Gasteiger partial charge in [0.15, 0.2) is 5.78 Å². The first-order valence-corrected chi connectivity index (χ1v) is 23.6. The van der Waals surface area contributed by atoms with Crippen LogP contribution in [-0.4, -0.2) is 127 Å². The van der Waals surface area contributed by atoms with Gasteiger partial charge in [-0.3, -0.25) is 43.3 Å². The van der Waals surface area contributed by atoms with Crippen molar-refractivity contribution in [3.8, 4) is 0 Å². The summed E-state index contributed by atoms with van der Waals surface area (Å²) in [6.07, 6.45) is -1.32. The Bertz CT molecular complexity index is 2680. The first-order valence-electron chi connectivity index (χ1n) is 23.6. The third-order valence-electron chi connectivity index (χ3n) is 11.7. The summed E-state index contributed by atoms with van der Waals surface area (Å²) in [6, 6.07) is 15.6. The highest BCUT2D eigenvalue weighted by molar-refractivity contribution is 5.99. The molecule has 0 saturated carbocycles. The van der Waals surface area contributed by atoms with Crippen LogP contribution in [0, 0.1) is 12.8 Å². The van der Waals surface area contributed by atoms with E-state index < -0.39 is 127 Å². The molecule has 0 saturated heterocycles. The first-order chi connectivity index (χ1) is 35.2. The quantitative estimate of drug-likeness (QED) is 0.0323. The van der Waals surface area contributed by atoms with Gasteiger partial charge in [0, 0.05) is 68.6 Å². The molecule has 74 heavy (non-hydrogen) atoms. The fourth-order valence-electron chi connectivity index (χ4n) is 7.54. The number of benzene rings is 3. The Balaban J connectivity index is 1.38. The van der Waals surface area contributed by atoms with E-state index in [9.17, 15) is 73.2 Å². The van der Waals surface area contributed by atoms with Gasteiger partial charge < -0.3 is 57.4 Å². The minimum Gasteiger partial charge on any atom is -0.481 e. The van der Waals surface area contributed by atoms with E-state index in [0.29, 0.717) is 11.3 Å². The fraction of sp³-hybridized carbons (Fsp3) is 0.373. The van der Waals surface area contributed by atoms with Gasteiger partial charge in [0.1, 0.15) is 18.1 Å². The lowest BCUT2D eigenvalue weighted by Crippen LogP contribution is -2.51. The molecule has 0 bridgehead atoms. The minimum absolute atomic E-state index is 0.0390. The van der Waals surface area contributed by atoms with Crippen LogP contribution in [-0.2, 0) is 51.3 Å². The van der Waals surface area contributed by atoms with Gasteiger partial charge in [0.05, 0.1) is 11.6 Å². The number of hydrogen-bond acceptors (Lipinski definition) is 12. The summed E-state index contributed by atoms with van der Waals surface area (Å²) in [4.78, 5) is 141. The summed E-state index contributed by atoms with van der Waals surface area (Å²) in [7, 11) is 0. The van der Waals surface area contributed by atoms with Crippen LogP contribution in [0.3, 0.4) is 0 Å². The number of carbonyl (C=O) groups excluding carboxylic acids is 6. The second-order valence-corrected chi connectivity index (χ2v) is 17.4. The summed E-state index contributed by atoms with van der Waals surface area (Å²) in [6.45, 7) is 1.64. The zero-order valence-corrected chi connectivity index (χ0v) is 40.3. The van der Waals surface area contributed by atoms with E-state index in [1.54, 1.807) is 13.0 Å². The van der Waals surface area contributed by atoms with Crippen LogP contribution in [0.5, 0.6) is 0 Å². The third-order valence-corrected chi connectivity index (χ3v) is 11.7. The summed E-state index contributed by atoms with van der Waals surface area (Å²) in [5, 5.41) is 63.3. The average Bonchev–Trinajstić information content (AvgIpc) is 3.35. The molecule has 1 unspecified atom stereocenters. The van der Waals surface area contributed by atoms with E-state index in [1.165, 1.54) is 36.5 Å². The Morgan fingerprint density at radius 3 is 1.69 bits per heavy atom. The highest BCUT2D eigenvalue weighted by atomic mass is 16.4. The fourth-order valence-corrected chi connectivity index (χ4v) is 7.54. The molecule has 4 aromatic rings. The molecule has 0 aliphatic rings. The highest BCUT2D eigenvalue weighted by Gasteiger charge is 2.30. The number of aliphatic carboxylic acids is 5. The lowest BCUT2D eigenvalue weighted by atomic mass is 9.91. The van der Waals surface area contributed by atoms with Gasteiger partial charge in [-0.1, -0.05) is 54.6 Å². The van der Waals surface area contributed by atoms with Crippen molar-refractivity contribution in [2.45, 2.75) is 108 Å². The van der Waals surface area contributed by atoms with Gasteiger partial charge in [-0.25, -0.2) is 14.4 Å². The number of urea groups is 1. The molecule has 0 spiro atoms. The number of unbranched alkanes of at least 4 members (excludes halogenated alkanes) is 1. The van der Waals surface area contributed by atoms with Gasteiger partial charge in [-0.2, -0.15) is 0 Å². The summed E-state index contributed by atoms with van der Waals surface area (Å²) < 4.78 is 0. The lowest BCUT2D eigenvalue weighted by Gasteiger charge is -2.21. The van der Waals surface area contributed by atoms with Crippen molar-refractivity contribution < 1.29 is 78.3 Å². The maximum absolute atomic E-state index is 13.7. The predicted molar refractivity (Wildman–Crippen MR) is 263 cm³/mol. The second-order valence-electron chi connectivity index (χ2n) is 17.4. The molecule has 1 aromatic heterocycles. The number of carbonyl (C=O) groups is 11. The standard InChI is InChI=1S/C51H59N7O16/c1-29-9-13-36(28-53-29)47(68)55-37(18-21-43(62)63)41(59)26-35(17-20-42(60)61)45(66)54-27-30-10-15-33(16-11-30)46(67)56-40(25-31-12-14-32-6-2-3-7-34(32)24-31)48(69)52-23-5-4-8-38(49(70)71)57-51(74)58-39(50(72)73)19-22-44(64)65/h2-3,6-7,9-16,24,28,35,37-40H,4-5,8,17-23,25-27H2,1H3,(H,52,69)(H,54,66)(H,55,68)(H,56,67)(H,60,61)(H,62,63)(H,64,65)(H,70,71)(H,72,73)(H2,57,58,74)/t35-,37+,38+,39+,40?/m1/s1. The van der Waals surface area contributed by atoms with Gasteiger partial charge in [-0.15, -0.1) is 0 Å². The van der Waals surface area contributed by atoms with E-state index in [0.717, 1.165) is 16.3 Å². The summed E-state index contributed by atoms with van der Waals surface area (Å²) in [5.41, 5.74) is 2.12. The van der Waals surface area contributed by atoms with E-state index >= 15 is 0 Å². The van der Waals surface area contributed by atoms with Crippen molar-refractivity contribution in [1.29, 1.82) is 0 Å². The van der Waals surface area contributed by atoms with Crippen molar-refractivity contribution in [1.82, 2.24) is 36.9 Å². The molecule has 1 heterocycles. The number of aromatic nitrogens is 1. The largest absolute Gasteiger partial charge is 0.481 e. The number of amides is 6. The molecule has 6 amide bonds. The van der Waals surface area contributed by atoms with Crippen LogP contribution < -0.4 is 31.9 Å². The maximum Gasteiger partial charge on any atom is 0.326 e. The molecular weight excluding hydrogens is 967 g/mol. The first kappa shape index (κ1) is 57.8. The molecule has 0 aliphatic heterocycles. The van der Waals surface area contributed by atoms with Gasteiger partial charge in [0.25, 0.3) is 11.8 Å². The Kier molecular flexibility index (Phi) is 22.6. The van der Waals surface area contributed by atoms with E-state index in [4.69, 9.17) is 5.11 Å². The van der Waals surface area contributed by atoms with E-state index in [-0.39, 0.29) is 62.7 Å². The number of ketones is 1. The van der Waals surface area contributed by atoms with Crippen LogP contribution in [0.25, 0.3) is 10.8 Å². The second kappa shape index (κ2) is 28.9. The van der Waals surface area contributed by atoms with Crippen LogP contribution in [0.15, 0.2) is 85.1 Å². The lowest BCUT2D eigenvalue weighted by molar-refractivity contribution is -0.141. The average molecular weight is 1030 g/mol. The van der Waals surface area contributed by atoms with Gasteiger partial charge >= 0.3 is 35.9 Å². The minimum atomic E-state index is -1.57. The van der Waals surface area contributed by atoms with Crippen molar-refractivity contribution in [3.63, 3.8) is 0 Å². The Morgan fingerprint density at radius 1 is 0.527 bits per heavy atom. The maximum atomic E-state index is 13.7. The number of pyridine rings is 1. The van der Waals surface area contributed by atoms with Crippen LogP contribution in [0.4, 0.5) is 4.79 Å². The monoisotopic (exact) mass is 1030 g/mol. The Morgan fingerprint density at radius 2 is 1.08 bits per heavy atom. The molecule has 23 heteroatoms. The molecule has 0 fully saturated rings. The Labute approximate surface area is 423 Å². The van der Waals surface area contributed by atoms with Gasteiger partial charge in [0.2, 0.25) is 11.8 Å². The predicted octanol–water partition coefficient (Wildman–Crippen LogP) is 2.96. The van der Waals surface area contributed by atoms with Crippen molar-refractivity contribution in [2.24, 2.45) is 5.92 Å². The van der Waals surface area contributed by atoms with Crippen LogP contribution in [0.2, 0.25) is 0 Å². The molecule has 11 N–H and O–H groups in total. The number of rotatable bonds is 31. The summed E-state index contributed by atoms with van der Waals surface area (Å²) >= 11 is 0. The molecule has 5 atom stereocenters. The number of Topliss-reactive ketones (excluding diaryl/α,β-unsaturated/α-hetero) is 1. The number of hydrogen-bond donors (Lipinski definition) is 11. The summed E-state index contributed by atoms with van der Waals surface area (Å²) in [5.74, 6) is -11.1. The number of nitrogens with one attached hydrogen (secondary N) is 6. The highest BCUT2D eigenvalue weighted by Crippen LogP contribution is 2.19. The number of fused-ring (bicyclic) bond motifs is 1. The number of aryl methyl sites for hydroxylation is 1. The molecular formula is C51H59N7O16. The van der Waals surface area contributed by atoms with E-state index in [1.807, 2.05) is 42.5 Å². The molecule has 23 nitrogen and oxygen atoms in total. The van der Waals surface area contributed by atoms with E-state index in [2.05, 4.69) is 36.9 Å². The topological polar surface area (TPSA) is 374 Å². The number of nitrogens with zero attached hydrogens (tertiary/aromatic N) is 1. The zero-order valence-electron chi connectivity index (χ0n) is 40.3. The van der Waals surface area contributed by atoms with Crippen molar-refractivity contribution in [3.05, 3.63) is 113 Å². The number of carboxylic acids is 5. The van der Waals surface area contributed by atoms with Crippen molar-refractivity contribution in [2.75, 3.05) is 6.54 Å². The SMILES string of the molecule is Cc1ccc(C(=O)N[C@@H](CCC(=O)O)C(=O)C[C@@H](CCC(=O)O)C(=O)NCc2ccc(C(=O)NC(Cc3ccc4ccccc4c3)C(=O)NCCCC[C@H](NC(=O)N[C@@H](CCC(=O)O)C(=O)O)C(=O)O)cc2)cn1. The van der Waals surface area contributed by atoms with Gasteiger partial charge in [-0.05, 0) is 91.6 Å². The smallest absolute Gasteiger partial charge is 0.326 e. The molecule has 394 valence electrons. The number of carboxylic acid groups (broad SMARTS) is 5.